The molecule has 0 unspecified atom stereocenters. The summed E-state index contributed by atoms with van der Waals surface area (Å²) in [5, 5.41) is 1.23. The molecule has 6 aliphatic rings. The molecule has 8 heteroatoms. The molecule has 0 bridgehead atoms. The van der Waals surface area contributed by atoms with Gasteiger partial charge in [0.2, 0.25) is 5.36 Å². The number of rotatable bonds is 3. The lowest BCUT2D eigenvalue weighted by Crippen LogP contribution is -2.68. The van der Waals surface area contributed by atoms with Crippen molar-refractivity contribution in [3.05, 3.63) is 111 Å². The minimum Gasteiger partial charge on any atom is -0.456 e. The van der Waals surface area contributed by atoms with Gasteiger partial charge in [-0.2, -0.15) is 0 Å². The van der Waals surface area contributed by atoms with E-state index >= 15 is 0 Å². The molecule has 0 N–H and O–H groups in total. The van der Waals surface area contributed by atoms with Crippen LogP contribution in [0.25, 0.3) is 22.7 Å². The summed E-state index contributed by atoms with van der Waals surface area (Å²) in [5.41, 5.74) is 10.6. The lowest BCUT2D eigenvalue weighted by atomic mass is 9.83. The number of halogens is 1. The van der Waals surface area contributed by atoms with E-state index in [1.807, 2.05) is 0 Å². The minimum atomic E-state index is -4.94. The van der Waals surface area contributed by atoms with Crippen LogP contribution in [-0.2, 0) is 17.6 Å². The quantitative estimate of drug-likeness (QED) is 0.426. The highest BCUT2D eigenvalue weighted by Gasteiger charge is 2.30. The fraction of sp³-hybridized carbons (Fsp3) is 0.343. The molecule has 0 radical (unpaired) electrons. The fourth-order valence-corrected chi connectivity index (χ4v) is 6.73. The van der Waals surface area contributed by atoms with Crippen LogP contribution in [0.3, 0.4) is 0 Å². The van der Waals surface area contributed by atoms with Crippen molar-refractivity contribution in [1.82, 2.24) is 4.58 Å². The van der Waals surface area contributed by atoms with Crippen LogP contribution >= 0.6 is 0 Å². The SMILES string of the molecule is CC[N+](CC)=c1ccc2cc3c(oc-2c1)C(=CC1=C2OC4=C(C=C2CCC1)CCc1ccccc14)CCC3.[O-][Cl+3]([O-])([O-])[O-]. The Bertz CT molecular complexity index is 1710. The Hall–Kier alpha value is -3.46. The Kier molecular flexibility index (Phi) is 8.45. The Morgan fingerprint density at radius 3 is 2.37 bits per heavy atom. The van der Waals surface area contributed by atoms with Crippen molar-refractivity contribution in [2.45, 2.75) is 65.2 Å². The maximum Gasteiger partial charge on any atom is 0.203 e. The number of hydrogen-bond donors (Lipinski definition) is 0. The predicted molar refractivity (Wildman–Crippen MR) is 154 cm³/mol. The van der Waals surface area contributed by atoms with Crippen molar-refractivity contribution in [3.8, 4) is 11.3 Å². The first-order valence-corrected chi connectivity index (χ1v) is 16.4. The van der Waals surface area contributed by atoms with Gasteiger partial charge in [0.15, 0.2) is 0 Å². The Morgan fingerprint density at radius 1 is 0.814 bits per heavy atom. The average molecular weight is 602 g/mol. The summed E-state index contributed by atoms with van der Waals surface area (Å²) in [6.45, 7) is 6.40. The van der Waals surface area contributed by atoms with E-state index in [2.05, 4.69) is 79.1 Å². The summed E-state index contributed by atoms with van der Waals surface area (Å²) in [5.74, 6) is 4.22. The van der Waals surface area contributed by atoms with Crippen molar-refractivity contribution >= 4 is 11.3 Å². The molecule has 7 nitrogen and oxygen atoms in total. The van der Waals surface area contributed by atoms with Gasteiger partial charge in [-0.3, -0.25) is 0 Å². The molecular weight excluding hydrogens is 566 g/mol. The van der Waals surface area contributed by atoms with Gasteiger partial charge in [-0.1, -0.05) is 24.3 Å². The highest BCUT2D eigenvalue weighted by molar-refractivity contribution is 5.76. The van der Waals surface area contributed by atoms with E-state index in [1.54, 1.807) is 0 Å². The zero-order valence-electron chi connectivity index (χ0n) is 24.6. The normalized spacial score (nSPS) is 18.6. The van der Waals surface area contributed by atoms with Crippen LogP contribution in [0.15, 0.2) is 87.6 Å². The lowest BCUT2D eigenvalue weighted by Gasteiger charge is -2.32. The molecule has 0 saturated heterocycles. The molecule has 0 spiro atoms. The number of aryl methyl sites for hydroxylation is 2. The number of fused-ring (bicyclic) bond motifs is 5. The first-order valence-electron chi connectivity index (χ1n) is 15.1. The van der Waals surface area contributed by atoms with Crippen LogP contribution in [0, 0.1) is 10.2 Å². The largest absolute Gasteiger partial charge is 0.456 e. The number of hydrogen-bond acceptors (Lipinski definition) is 6. The summed E-state index contributed by atoms with van der Waals surface area (Å²) in [4.78, 5) is 0. The summed E-state index contributed by atoms with van der Waals surface area (Å²) in [7, 11) is -4.94. The van der Waals surface area contributed by atoms with Crippen LogP contribution in [0.5, 0.6) is 0 Å². The zero-order chi connectivity index (χ0) is 30.1. The van der Waals surface area contributed by atoms with Crippen LogP contribution in [-0.4, -0.2) is 13.1 Å². The van der Waals surface area contributed by atoms with Crippen molar-refractivity contribution in [1.29, 1.82) is 0 Å². The minimum absolute atomic E-state index is 0.977. The fourth-order valence-electron chi connectivity index (χ4n) is 6.73. The third kappa shape index (κ3) is 6.42. The van der Waals surface area contributed by atoms with E-state index in [1.165, 1.54) is 56.3 Å². The zero-order valence-corrected chi connectivity index (χ0v) is 25.4. The predicted octanol–water partition coefficient (Wildman–Crippen LogP) is 2.91. The highest BCUT2D eigenvalue weighted by Crippen LogP contribution is 2.45. The summed E-state index contributed by atoms with van der Waals surface area (Å²) >= 11 is 0. The van der Waals surface area contributed by atoms with E-state index in [-0.39, 0.29) is 0 Å². The molecule has 2 heterocycles. The molecule has 0 aromatic heterocycles. The average Bonchev–Trinajstić information content (AvgIpc) is 2.99. The molecule has 0 fully saturated rings. The van der Waals surface area contributed by atoms with Crippen molar-refractivity contribution < 1.29 is 38.0 Å². The van der Waals surface area contributed by atoms with Crippen LogP contribution in [0.1, 0.15) is 74.8 Å². The molecule has 224 valence electrons. The number of ether oxygens (including phenoxy) is 1. The molecular formula is C35H36ClNO6. The van der Waals surface area contributed by atoms with Crippen molar-refractivity contribution in [2.75, 3.05) is 13.1 Å². The molecule has 7 rings (SSSR count). The van der Waals surface area contributed by atoms with Gasteiger partial charge in [0.1, 0.15) is 36.1 Å². The van der Waals surface area contributed by atoms with Crippen LogP contribution in [0.4, 0.5) is 0 Å². The van der Waals surface area contributed by atoms with Gasteiger partial charge in [0, 0.05) is 17.2 Å². The van der Waals surface area contributed by atoms with Gasteiger partial charge < -0.3 is 9.15 Å². The third-order valence-electron chi connectivity index (χ3n) is 8.74. The van der Waals surface area contributed by atoms with E-state index in [4.69, 9.17) is 27.8 Å². The van der Waals surface area contributed by atoms with Gasteiger partial charge in [-0.25, -0.2) is 23.2 Å². The Morgan fingerprint density at radius 2 is 1.58 bits per heavy atom. The van der Waals surface area contributed by atoms with E-state index < -0.39 is 10.2 Å². The molecule has 1 aromatic carbocycles. The topological polar surface area (TPSA) is 118 Å². The molecule has 0 atom stereocenters. The second-order valence-corrected chi connectivity index (χ2v) is 12.1. The van der Waals surface area contributed by atoms with Gasteiger partial charge in [0.05, 0.1) is 6.07 Å². The summed E-state index contributed by atoms with van der Waals surface area (Å²) in [6, 6.07) is 17.8. The van der Waals surface area contributed by atoms with Gasteiger partial charge in [-0.05, 0) is 123 Å². The molecule has 1 aromatic rings. The number of benzene rings is 2. The molecule has 0 saturated carbocycles. The molecule has 2 aliphatic heterocycles. The highest BCUT2D eigenvalue weighted by atomic mass is 35.7. The van der Waals surface area contributed by atoms with Crippen LogP contribution in [0.2, 0.25) is 0 Å². The first-order chi connectivity index (χ1) is 20.7. The van der Waals surface area contributed by atoms with Gasteiger partial charge in [0.25, 0.3) is 0 Å². The number of nitrogens with zero attached hydrogens (tertiary/aromatic N) is 1. The second kappa shape index (κ2) is 12.3. The molecule has 43 heavy (non-hydrogen) atoms. The summed E-state index contributed by atoms with van der Waals surface area (Å²) in [6.07, 6.45) is 13.6. The van der Waals surface area contributed by atoms with Gasteiger partial charge in [-0.15, -0.1) is 10.2 Å². The third-order valence-corrected chi connectivity index (χ3v) is 8.74. The van der Waals surface area contributed by atoms with Crippen LogP contribution < -0.4 is 28.6 Å². The standard InChI is InChI=1S/C35H36NO2.ClHO4/c1-3-36(4-2)30-18-17-24-19-25-10-7-11-26(33(25)37-32(24)22-30)20-27-12-8-13-28-21-29-16-15-23-9-5-6-14-31(23)35(29)38-34(27)28;2-1(3,4)5/h5-6,9,14,17-22H,3-4,7-8,10-13,15-16H2,1-2H3;(H,2,3,4,5)/q+1;/p-1. The van der Waals surface area contributed by atoms with Crippen molar-refractivity contribution in [3.63, 3.8) is 0 Å². The monoisotopic (exact) mass is 601 g/mol. The maximum atomic E-state index is 8.49. The smallest absolute Gasteiger partial charge is 0.203 e. The van der Waals surface area contributed by atoms with E-state index in [9.17, 15) is 0 Å². The second-order valence-electron chi connectivity index (χ2n) is 11.4. The number of allylic oxidation sites excluding steroid dienone is 6. The summed E-state index contributed by atoms with van der Waals surface area (Å²) < 4.78 is 49.9. The van der Waals surface area contributed by atoms with Crippen molar-refractivity contribution in [2.24, 2.45) is 0 Å². The molecule has 4 aliphatic carbocycles. The van der Waals surface area contributed by atoms with E-state index in [0.29, 0.717) is 0 Å². The molecule has 0 amide bonds. The first kappa shape index (κ1) is 29.6. The maximum absolute atomic E-state index is 8.49. The Balaban J connectivity index is 0.000000611. The van der Waals surface area contributed by atoms with Gasteiger partial charge >= 0.3 is 0 Å². The van der Waals surface area contributed by atoms with E-state index in [0.717, 1.165) is 81.1 Å². The Labute approximate surface area is 254 Å². The lowest BCUT2D eigenvalue weighted by molar-refractivity contribution is -2.00.